The molecule has 0 aromatic carbocycles. The average Bonchev–Trinajstić information content (AvgIpc) is 3.02. The zero-order chi connectivity index (χ0) is 20.1. The minimum absolute atomic E-state index is 0.152. The summed E-state index contributed by atoms with van der Waals surface area (Å²) in [6.07, 6.45) is 4.39. The first-order valence-electron chi connectivity index (χ1n) is 8.74. The van der Waals surface area contributed by atoms with Gasteiger partial charge >= 0.3 is 5.97 Å². The molecule has 148 valence electrons. The normalized spacial score (nSPS) is 11.0. The van der Waals surface area contributed by atoms with Crippen molar-refractivity contribution in [3.63, 3.8) is 0 Å². The fourth-order valence-corrected chi connectivity index (χ4v) is 4.08. The van der Waals surface area contributed by atoms with Gasteiger partial charge in [0.1, 0.15) is 22.1 Å². The third kappa shape index (κ3) is 4.57. The molecule has 0 unspecified atom stereocenters. The van der Waals surface area contributed by atoms with E-state index in [1.807, 2.05) is 31.0 Å². The number of anilines is 1. The van der Waals surface area contributed by atoms with Crippen molar-refractivity contribution >= 4 is 44.9 Å². The van der Waals surface area contributed by atoms with Gasteiger partial charge < -0.3 is 14.4 Å². The highest BCUT2D eigenvalue weighted by Crippen LogP contribution is 2.36. The number of likely N-dealkylation sites (N-methyl/N-ethyl adjacent to an activating group) is 1. The Bertz CT molecular complexity index is 965. The molecule has 0 amide bonds. The zero-order valence-electron chi connectivity index (χ0n) is 15.9. The summed E-state index contributed by atoms with van der Waals surface area (Å²) < 4.78 is 10.2. The standard InChI is InChI=1S/C19H21ClN4O3S/c1-12-14-16(24(2)9-6-13-4-7-21-8-5-13)22-19(20)23-17(14)28-15(12)18(25)27-11-10-26-3/h4-5,7-8H,6,9-11H2,1-3H3. The van der Waals surface area contributed by atoms with Crippen molar-refractivity contribution in [1.29, 1.82) is 0 Å². The molecule has 0 aliphatic carbocycles. The van der Waals surface area contributed by atoms with Gasteiger partial charge in [-0.3, -0.25) is 4.98 Å². The number of nitrogens with zero attached hydrogens (tertiary/aromatic N) is 4. The van der Waals surface area contributed by atoms with E-state index in [1.54, 1.807) is 19.5 Å². The first-order valence-corrected chi connectivity index (χ1v) is 9.93. The molecule has 3 aromatic heterocycles. The van der Waals surface area contributed by atoms with E-state index < -0.39 is 0 Å². The van der Waals surface area contributed by atoms with Gasteiger partial charge in [0.25, 0.3) is 0 Å². The van der Waals surface area contributed by atoms with Crippen LogP contribution in [0.25, 0.3) is 10.2 Å². The Labute approximate surface area is 172 Å². The van der Waals surface area contributed by atoms with E-state index in [2.05, 4.69) is 15.0 Å². The molecule has 3 heterocycles. The highest BCUT2D eigenvalue weighted by atomic mass is 35.5. The molecular weight excluding hydrogens is 400 g/mol. The molecule has 28 heavy (non-hydrogen) atoms. The summed E-state index contributed by atoms with van der Waals surface area (Å²) in [4.78, 5) is 28.4. The van der Waals surface area contributed by atoms with Gasteiger partial charge in [-0.1, -0.05) is 0 Å². The number of carbonyl (C=O) groups is 1. The predicted octanol–water partition coefficient (Wildman–Crippen LogP) is 3.53. The van der Waals surface area contributed by atoms with E-state index in [4.69, 9.17) is 21.1 Å². The Balaban J connectivity index is 1.88. The summed E-state index contributed by atoms with van der Waals surface area (Å²) in [5.41, 5.74) is 1.98. The van der Waals surface area contributed by atoms with E-state index in [-0.39, 0.29) is 17.9 Å². The lowest BCUT2D eigenvalue weighted by Crippen LogP contribution is -2.22. The summed E-state index contributed by atoms with van der Waals surface area (Å²) in [5.74, 6) is 0.313. The number of methoxy groups -OCH3 is 1. The number of halogens is 1. The summed E-state index contributed by atoms with van der Waals surface area (Å²) in [6.45, 7) is 3.16. The summed E-state index contributed by atoms with van der Waals surface area (Å²) >= 11 is 7.41. The number of hydrogen-bond acceptors (Lipinski definition) is 8. The van der Waals surface area contributed by atoms with E-state index in [9.17, 15) is 4.79 Å². The molecular formula is C19H21ClN4O3S. The number of esters is 1. The second kappa shape index (κ2) is 9.27. The minimum Gasteiger partial charge on any atom is -0.459 e. The van der Waals surface area contributed by atoms with Gasteiger partial charge in [0.05, 0.1) is 12.0 Å². The zero-order valence-corrected chi connectivity index (χ0v) is 17.5. The van der Waals surface area contributed by atoms with Gasteiger partial charge in [-0.2, -0.15) is 4.98 Å². The smallest absolute Gasteiger partial charge is 0.348 e. The number of aromatic nitrogens is 3. The topological polar surface area (TPSA) is 77.4 Å². The first kappa shape index (κ1) is 20.4. The largest absolute Gasteiger partial charge is 0.459 e. The van der Waals surface area contributed by atoms with Crippen molar-refractivity contribution in [2.75, 3.05) is 38.8 Å². The molecule has 0 saturated carbocycles. The second-order valence-electron chi connectivity index (χ2n) is 6.21. The maximum absolute atomic E-state index is 12.4. The summed E-state index contributed by atoms with van der Waals surface area (Å²) in [5, 5.41) is 0.976. The number of fused-ring (bicyclic) bond motifs is 1. The SMILES string of the molecule is COCCOC(=O)c1sc2nc(Cl)nc(N(C)CCc3ccncc3)c2c1C. The predicted molar refractivity (Wildman–Crippen MR) is 111 cm³/mol. The van der Waals surface area contributed by atoms with Crippen LogP contribution in [0, 0.1) is 6.92 Å². The molecule has 9 heteroatoms. The molecule has 0 radical (unpaired) electrons. The molecule has 3 rings (SSSR count). The fraction of sp³-hybridized carbons (Fsp3) is 0.368. The van der Waals surface area contributed by atoms with E-state index >= 15 is 0 Å². The third-order valence-corrected chi connectivity index (χ3v) is 5.63. The molecule has 7 nitrogen and oxygen atoms in total. The Kier molecular flexibility index (Phi) is 6.77. The van der Waals surface area contributed by atoms with E-state index in [0.717, 1.165) is 23.9 Å². The van der Waals surface area contributed by atoms with Crippen LogP contribution < -0.4 is 4.90 Å². The maximum atomic E-state index is 12.4. The van der Waals surface area contributed by atoms with Crippen LogP contribution in [0.3, 0.4) is 0 Å². The van der Waals surface area contributed by atoms with Gasteiger partial charge in [-0.05, 0) is 48.2 Å². The number of carbonyl (C=O) groups excluding carboxylic acids is 1. The third-order valence-electron chi connectivity index (χ3n) is 4.30. The van der Waals surface area contributed by atoms with E-state index in [0.29, 0.717) is 22.1 Å². The summed E-state index contributed by atoms with van der Waals surface area (Å²) in [7, 11) is 3.51. The van der Waals surface area contributed by atoms with Crippen molar-refractivity contribution < 1.29 is 14.3 Å². The maximum Gasteiger partial charge on any atom is 0.348 e. The first-order chi connectivity index (χ1) is 13.5. The lowest BCUT2D eigenvalue weighted by Gasteiger charge is -2.19. The lowest BCUT2D eigenvalue weighted by atomic mass is 10.1. The van der Waals surface area contributed by atoms with E-state index in [1.165, 1.54) is 16.9 Å². The number of aryl methyl sites for hydroxylation is 1. The Morgan fingerprint density at radius 1 is 1.25 bits per heavy atom. The van der Waals surface area contributed by atoms with Gasteiger partial charge in [-0.15, -0.1) is 11.3 Å². The summed E-state index contributed by atoms with van der Waals surface area (Å²) in [6, 6.07) is 3.97. The Morgan fingerprint density at radius 3 is 2.71 bits per heavy atom. The molecule has 0 fully saturated rings. The van der Waals surface area contributed by atoms with Crippen LogP contribution in [0.15, 0.2) is 24.5 Å². The quantitative estimate of drug-likeness (QED) is 0.313. The molecule has 0 N–H and O–H groups in total. The van der Waals surface area contributed by atoms with Gasteiger partial charge in [0.15, 0.2) is 0 Å². The molecule has 0 aliphatic heterocycles. The van der Waals surface area contributed by atoms with Gasteiger partial charge in [0, 0.05) is 33.1 Å². The molecule has 0 aliphatic rings. The number of thiophene rings is 1. The van der Waals surface area contributed by atoms with Crippen molar-refractivity contribution in [2.24, 2.45) is 0 Å². The van der Waals surface area contributed by atoms with Crippen molar-refractivity contribution in [1.82, 2.24) is 15.0 Å². The second-order valence-corrected chi connectivity index (χ2v) is 7.55. The molecule has 3 aromatic rings. The van der Waals surface area contributed by atoms with Crippen molar-refractivity contribution in [3.8, 4) is 0 Å². The van der Waals surface area contributed by atoms with Crippen LogP contribution in [0.2, 0.25) is 5.28 Å². The van der Waals surface area contributed by atoms with Gasteiger partial charge in [0.2, 0.25) is 5.28 Å². The molecule has 0 spiro atoms. The van der Waals surface area contributed by atoms with Crippen LogP contribution in [0.1, 0.15) is 20.8 Å². The van der Waals surface area contributed by atoms with Crippen molar-refractivity contribution in [2.45, 2.75) is 13.3 Å². The molecule has 0 atom stereocenters. The van der Waals surface area contributed by atoms with Crippen LogP contribution in [0.5, 0.6) is 0 Å². The fourth-order valence-electron chi connectivity index (χ4n) is 2.80. The highest BCUT2D eigenvalue weighted by Gasteiger charge is 2.22. The Morgan fingerprint density at radius 2 is 2.00 bits per heavy atom. The Hall–Kier alpha value is -2.29. The minimum atomic E-state index is -0.390. The molecule has 0 saturated heterocycles. The van der Waals surface area contributed by atoms with Crippen molar-refractivity contribution in [3.05, 3.63) is 45.8 Å². The number of ether oxygens (including phenoxy) is 2. The lowest BCUT2D eigenvalue weighted by molar-refractivity contribution is 0.0393. The van der Waals surface area contributed by atoms with Crippen LogP contribution >= 0.6 is 22.9 Å². The average molecular weight is 421 g/mol. The number of pyridine rings is 1. The number of hydrogen-bond donors (Lipinski definition) is 0. The van der Waals surface area contributed by atoms with Gasteiger partial charge in [-0.25, -0.2) is 9.78 Å². The highest BCUT2D eigenvalue weighted by molar-refractivity contribution is 7.20. The van der Waals surface area contributed by atoms with Crippen LogP contribution in [-0.2, 0) is 15.9 Å². The van der Waals surface area contributed by atoms with Crippen LogP contribution in [0.4, 0.5) is 5.82 Å². The van der Waals surface area contributed by atoms with Crippen LogP contribution in [-0.4, -0.2) is 54.8 Å². The number of rotatable bonds is 8. The monoisotopic (exact) mass is 420 g/mol. The molecule has 0 bridgehead atoms.